The number of benzene rings is 3. The van der Waals surface area contributed by atoms with E-state index in [1.807, 2.05) is 84.9 Å². The Balaban J connectivity index is 1.34. The van der Waals surface area contributed by atoms with Crippen LogP contribution in [0.1, 0.15) is 16.8 Å². The van der Waals surface area contributed by atoms with Crippen molar-refractivity contribution in [2.75, 3.05) is 13.7 Å². The highest BCUT2D eigenvalue weighted by molar-refractivity contribution is 6.27. The Morgan fingerprint density at radius 3 is 2.34 bits per heavy atom. The maximum atomic E-state index is 12.4. The molecule has 158 valence electrons. The van der Waals surface area contributed by atoms with Gasteiger partial charge in [0, 0.05) is 11.0 Å². The fraction of sp³-hybridized carbons (Fsp3) is 0.111. The number of carbonyl (C=O) groups is 1. The molecular formula is C27H21NO4. The summed E-state index contributed by atoms with van der Waals surface area (Å²) in [7, 11) is 1.63. The Morgan fingerprint density at radius 2 is 1.56 bits per heavy atom. The van der Waals surface area contributed by atoms with Crippen molar-refractivity contribution in [2.24, 2.45) is 0 Å². The smallest absolute Gasteiger partial charge is 0.339 e. The molecule has 1 aromatic heterocycles. The molecule has 0 fully saturated rings. The number of hydrogen-bond donors (Lipinski definition) is 0. The minimum Gasteiger partial charge on any atom is -0.497 e. The summed E-state index contributed by atoms with van der Waals surface area (Å²) in [6.07, 6.45) is 0. The first kappa shape index (κ1) is 19.8. The molecule has 0 aliphatic carbocycles. The normalized spacial score (nSPS) is 13.3. The number of pyridine rings is 1. The number of ether oxygens (including phenoxy) is 3. The van der Waals surface area contributed by atoms with Crippen LogP contribution in [0.25, 0.3) is 22.0 Å². The van der Waals surface area contributed by atoms with Crippen molar-refractivity contribution in [2.45, 2.75) is 6.61 Å². The first-order valence-corrected chi connectivity index (χ1v) is 10.3. The molecule has 3 aromatic carbocycles. The molecule has 0 N–H and O–H groups in total. The van der Waals surface area contributed by atoms with E-state index in [9.17, 15) is 4.79 Å². The minimum absolute atomic E-state index is 0.256. The number of cyclic esters (lactones) is 1. The number of hydrogen-bond acceptors (Lipinski definition) is 5. The van der Waals surface area contributed by atoms with Crippen LogP contribution in [0.3, 0.4) is 0 Å². The van der Waals surface area contributed by atoms with Gasteiger partial charge in [-0.15, -0.1) is 0 Å². The van der Waals surface area contributed by atoms with Crippen LogP contribution in [0.2, 0.25) is 0 Å². The molecule has 0 bridgehead atoms. The fourth-order valence-electron chi connectivity index (χ4n) is 3.78. The van der Waals surface area contributed by atoms with E-state index in [2.05, 4.69) is 4.98 Å². The lowest BCUT2D eigenvalue weighted by Gasteiger charge is -2.09. The quantitative estimate of drug-likeness (QED) is 0.395. The lowest BCUT2D eigenvalue weighted by molar-refractivity contribution is -0.133. The van der Waals surface area contributed by atoms with E-state index in [0.29, 0.717) is 17.9 Å². The van der Waals surface area contributed by atoms with E-state index in [0.717, 1.165) is 39.0 Å². The van der Waals surface area contributed by atoms with Gasteiger partial charge >= 0.3 is 5.97 Å². The van der Waals surface area contributed by atoms with E-state index in [4.69, 9.17) is 14.2 Å². The fourth-order valence-corrected chi connectivity index (χ4v) is 3.78. The average molecular weight is 423 g/mol. The molecular weight excluding hydrogens is 402 g/mol. The Bertz CT molecular complexity index is 1310. The molecule has 1 aliphatic heterocycles. The number of methoxy groups -OCH3 is 1. The zero-order chi connectivity index (χ0) is 21.9. The predicted molar refractivity (Wildman–Crippen MR) is 123 cm³/mol. The molecule has 1 aliphatic rings. The molecule has 0 spiro atoms. The Labute approximate surface area is 185 Å². The summed E-state index contributed by atoms with van der Waals surface area (Å²) in [5.74, 6) is 1.16. The Hall–Kier alpha value is -4.12. The molecule has 0 atom stereocenters. The van der Waals surface area contributed by atoms with Crippen molar-refractivity contribution >= 4 is 28.0 Å². The summed E-state index contributed by atoms with van der Waals surface area (Å²) in [5.41, 5.74) is 4.99. The number of carbonyl (C=O) groups excluding carboxylic acids is 1. The van der Waals surface area contributed by atoms with Gasteiger partial charge in [-0.3, -0.25) is 0 Å². The van der Waals surface area contributed by atoms with Crippen LogP contribution in [0, 0.1) is 0 Å². The van der Waals surface area contributed by atoms with E-state index in [-0.39, 0.29) is 12.6 Å². The summed E-state index contributed by atoms with van der Waals surface area (Å²) in [6.45, 7) is 0.623. The Kier molecular flexibility index (Phi) is 5.30. The van der Waals surface area contributed by atoms with E-state index in [1.54, 1.807) is 7.11 Å². The minimum atomic E-state index is -0.315. The zero-order valence-electron chi connectivity index (χ0n) is 17.6. The molecule has 0 radical (unpaired) electrons. The number of fused-ring (bicyclic) bond motifs is 1. The van der Waals surface area contributed by atoms with Gasteiger partial charge in [0.15, 0.2) is 0 Å². The first-order chi connectivity index (χ1) is 15.7. The highest BCUT2D eigenvalue weighted by Crippen LogP contribution is 2.34. The largest absolute Gasteiger partial charge is 0.497 e. The van der Waals surface area contributed by atoms with Crippen molar-refractivity contribution in [1.29, 1.82) is 0 Å². The maximum Gasteiger partial charge on any atom is 0.339 e. The standard InChI is InChI=1S/C27H21NO4/c1-30-22-12-7-18(8-13-22)24-17-32-27(29)26(24)20-9-14-23(15-10-20)31-16-21-11-6-19-4-2-3-5-25(19)28-21/h2-15H,16-17H2,1H3. The van der Waals surface area contributed by atoms with Gasteiger partial charge in [-0.1, -0.05) is 48.5 Å². The number of nitrogens with zero attached hydrogens (tertiary/aromatic N) is 1. The summed E-state index contributed by atoms with van der Waals surface area (Å²) in [5, 5.41) is 1.10. The molecule has 0 saturated carbocycles. The van der Waals surface area contributed by atoms with Crippen LogP contribution >= 0.6 is 0 Å². The number of esters is 1. The first-order valence-electron chi connectivity index (χ1n) is 10.3. The lowest BCUT2D eigenvalue weighted by Crippen LogP contribution is -2.00. The third-order valence-electron chi connectivity index (χ3n) is 5.48. The van der Waals surface area contributed by atoms with Gasteiger partial charge in [0.2, 0.25) is 0 Å². The average Bonchev–Trinajstić information content (AvgIpc) is 3.24. The van der Waals surface area contributed by atoms with E-state index >= 15 is 0 Å². The molecule has 0 amide bonds. The molecule has 5 heteroatoms. The van der Waals surface area contributed by atoms with Gasteiger partial charge in [0.1, 0.15) is 24.7 Å². The van der Waals surface area contributed by atoms with Crippen LogP contribution in [0.5, 0.6) is 11.5 Å². The van der Waals surface area contributed by atoms with E-state index < -0.39 is 0 Å². The number of para-hydroxylation sites is 1. The van der Waals surface area contributed by atoms with Gasteiger partial charge in [-0.25, -0.2) is 9.78 Å². The van der Waals surface area contributed by atoms with Crippen LogP contribution in [0.15, 0.2) is 84.9 Å². The predicted octanol–water partition coefficient (Wildman–Crippen LogP) is 5.29. The zero-order valence-corrected chi connectivity index (χ0v) is 17.6. The van der Waals surface area contributed by atoms with Gasteiger partial charge < -0.3 is 14.2 Å². The number of aromatic nitrogens is 1. The summed E-state index contributed by atoms with van der Waals surface area (Å²) in [4.78, 5) is 17.1. The Morgan fingerprint density at radius 1 is 0.844 bits per heavy atom. The number of rotatable bonds is 6. The van der Waals surface area contributed by atoms with Crippen LogP contribution in [-0.2, 0) is 16.1 Å². The van der Waals surface area contributed by atoms with Crippen molar-refractivity contribution in [3.8, 4) is 11.5 Å². The third-order valence-corrected chi connectivity index (χ3v) is 5.48. The molecule has 0 unspecified atom stereocenters. The van der Waals surface area contributed by atoms with Crippen LogP contribution < -0.4 is 9.47 Å². The van der Waals surface area contributed by atoms with Crippen LogP contribution in [0.4, 0.5) is 0 Å². The highest BCUT2D eigenvalue weighted by Gasteiger charge is 2.27. The SMILES string of the molecule is COc1ccc(C2=C(c3ccc(OCc4ccc5ccccc5n4)cc3)C(=O)OC2)cc1. The second-order valence-electron chi connectivity index (χ2n) is 7.47. The molecule has 2 heterocycles. The van der Waals surface area contributed by atoms with E-state index in [1.165, 1.54) is 0 Å². The van der Waals surface area contributed by atoms with Crippen molar-refractivity contribution in [1.82, 2.24) is 4.98 Å². The maximum absolute atomic E-state index is 12.4. The molecule has 4 aromatic rings. The van der Waals surface area contributed by atoms with Gasteiger partial charge in [-0.05, 0) is 47.5 Å². The third kappa shape index (κ3) is 3.93. The second kappa shape index (κ2) is 8.55. The summed E-state index contributed by atoms with van der Waals surface area (Å²) in [6, 6.07) is 27.1. The second-order valence-corrected chi connectivity index (χ2v) is 7.47. The van der Waals surface area contributed by atoms with Gasteiger partial charge in [-0.2, -0.15) is 0 Å². The van der Waals surface area contributed by atoms with Crippen molar-refractivity contribution in [3.63, 3.8) is 0 Å². The molecule has 5 rings (SSSR count). The van der Waals surface area contributed by atoms with Gasteiger partial charge in [0.05, 0.1) is 23.9 Å². The molecule has 5 nitrogen and oxygen atoms in total. The highest BCUT2D eigenvalue weighted by atomic mass is 16.5. The monoisotopic (exact) mass is 423 g/mol. The lowest BCUT2D eigenvalue weighted by atomic mass is 9.96. The van der Waals surface area contributed by atoms with Crippen molar-refractivity contribution < 1.29 is 19.0 Å². The topological polar surface area (TPSA) is 57.7 Å². The molecule has 32 heavy (non-hydrogen) atoms. The summed E-state index contributed by atoms with van der Waals surface area (Å²) < 4.78 is 16.5. The van der Waals surface area contributed by atoms with Crippen LogP contribution in [-0.4, -0.2) is 24.7 Å². The summed E-state index contributed by atoms with van der Waals surface area (Å²) >= 11 is 0. The van der Waals surface area contributed by atoms with Gasteiger partial charge in [0.25, 0.3) is 0 Å². The van der Waals surface area contributed by atoms with Crippen molar-refractivity contribution in [3.05, 3.63) is 102 Å². The molecule has 0 saturated heterocycles.